The number of hydrogen-bond donors (Lipinski definition) is 0. The Morgan fingerprint density at radius 2 is 2.17 bits per heavy atom. The predicted octanol–water partition coefficient (Wildman–Crippen LogP) is 2.34. The van der Waals surface area contributed by atoms with Crippen molar-refractivity contribution in [3.8, 4) is 5.75 Å². The zero-order chi connectivity index (χ0) is 13.0. The Morgan fingerprint density at radius 3 is 2.83 bits per heavy atom. The number of ether oxygens (including phenoxy) is 2. The number of rotatable bonds is 3. The van der Waals surface area contributed by atoms with Crippen LogP contribution < -0.4 is 4.74 Å². The summed E-state index contributed by atoms with van der Waals surface area (Å²) in [7, 11) is 0. The number of carbonyl (C=O) groups is 1. The van der Waals surface area contributed by atoms with Crippen LogP contribution >= 0.6 is 27.5 Å². The third kappa shape index (κ3) is 3.60. The van der Waals surface area contributed by atoms with Gasteiger partial charge in [-0.25, -0.2) is 0 Å². The molecule has 1 aromatic rings. The molecule has 0 aromatic heterocycles. The lowest BCUT2D eigenvalue weighted by Crippen LogP contribution is -2.42. The molecule has 0 aliphatic carbocycles. The van der Waals surface area contributed by atoms with Crippen molar-refractivity contribution in [3.63, 3.8) is 0 Å². The van der Waals surface area contributed by atoms with E-state index in [0.717, 1.165) is 4.47 Å². The van der Waals surface area contributed by atoms with E-state index >= 15 is 0 Å². The standard InChI is InChI=1S/C12H13BrClNO3/c13-9-1-2-11(10(14)7-9)18-8-12(16)15-3-5-17-6-4-15/h1-2,7H,3-6,8H2. The van der Waals surface area contributed by atoms with Crippen molar-refractivity contribution in [1.82, 2.24) is 4.90 Å². The molecular formula is C12H13BrClNO3. The van der Waals surface area contributed by atoms with Crippen LogP contribution in [0, 0.1) is 0 Å². The first-order chi connectivity index (χ1) is 8.66. The van der Waals surface area contributed by atoms with Gasteiger partial charge in [-0.1, -0.05) is 27.5 Å². The molecule has 0 bridgehead atoms. The number of morpholine rings is 1. The third-order valence-corrected chi connectivity index (χ3v) is 3.40. The molecule has 98 valence electrons. The van der Waals surface area contributed by atoms with Crippen molar-refractivity contribution in [2.45, 2.75) is 0 Å². The van der Waals surface area contributed by atoms with Gasteiger partial charge in [0.1, 0.15) is 5.75 Å². The first-order valence-electron chi connectivity index (χ1n) is 5.60. The number of benzene rings is 1. The average Bonchev–Trinajstić information content (AvgIpc) is 2.38. The maximum atomic E-state index is 11.8. The highest BCUT2D eigenvalue weighted by molar-refractivity contribution is 9.10. The summed E-state index contributed by atoms with van der Waals surface area (Å²) in [5, 5.41) is 0.485. The van der Waals surface area contributed by atoms with Gasteiger partial charge in [-0.2, -0.15) is 0 Å². The summed E-state index contributed by atoms with van der Waals surface area (Å²) in [6.07, 6.45) is 0. The fourth-order valence-electron chi connectivity index (χ4n) is 1.64. The molecule has 1 heterocycles. The molecule has 4 nitrogen and oxygen atoms in total. The molecule has 2 rings (SSSR count). The first kappa shape index (κ1) is 13.6. The van der Waals surface area contributed by atoms with E-state index in [1.54, 1.807) is 17.0 Å². The fraction of sp³-hybridized carbons (Fsp3) is 0.417. The molecule has 0 radical (unpaired) electrons. The summed E-state index contributed by atoms with van der Waals surface area (Å²) in [4.78, 5) is 13.6. The summed E-state index contributed by atoms with van der Waals surface area (Å²) < 4.78 is 11.5. The van der Waals surface area contributed by atoms with Gasteiger partial charge >= 0.3 is 0 Å². The van der Waals surface area contributed by atoms with Gasteiger partial charge in [0.05, 0.1) is 18.2 Å². The summed E-state index contributed by atoms with van der Waals surface area (Å²) in [6.45, 7) is 2.42. The lowest BCUT2D eigenvalue weighted by atomic mass is 10.3. The highest BCUT2D eigenvalue weighted by atomic mass is 79.9. The second-order valence-electron chi connectivity index (χ2n) is 3.86. The van der Waals surface area contributed by atoms with Gasteiger partial charge in [-0.15, -0.1) is 0 Å². The average molecular weight is 335 g/mol. The lowest BCUT2D eigenvalue weighted by molar-refractivity contribution is -0.137. The smallest absolute Gasteiger partial charge is 0.260 e. The minimum atomic E-state index is -0.0442. The van der Waals surface area contributed by atoms with Crippen molar-refractivity contribution in [2.75, 3.05) is 32.9 Å². The molecule has 1 amide bonds. The zero-order valence-corrected chi connectivity index (χ0v) is 12.0. The molecule has 1 aliphatic heterocycles. The topological polar surface area (TPSA) is 38.8 Å². The highest BCUT2D eigenvalue weighted by Gasteiger charge is 2.17. The molecule has 18 heavy (non-hydrogen) atoms. The molecule has 0 atom stereocenters. The molecule has 1 aromatic carbocycles. The Morgan fingerprint density at radius 1 is 1.44 bits per heavy atom. The molecule has 0 spiro atoms. The van der Waals surface area contributed by atoms with Crippen LogP contribution in [0.2, 0.25) is 5.02 Å². The molecule has 0 unspecified atom stereocenters. The largest absolute Gasteiger partial charge is 0.482 e. The normalized spacial score (nSPS) is 15.6. The predicted molar refractivity (Wildman–Crippen MR) is 72.0 cm³/mol. The highest BCUT2D eigenvalue weighted by Crippen LogP contribution is 2.27. The van der Waals surface area contributed by atoms with E-state index in [1.807, 2.05) is 6.07 Å². The van der Waals surface area contributed by atoms with Crippen LogP contribution in [-0.2, 0) is 9.53 Å². The van der Waals surface area contributed by atoms with Gasteiger partial charge in [-0.05, 0) is 18.2 Å². The zero-order valence-electron chi connectivity index (χ0n) is 9.70. The Kier molecular flexibility index (Phi) is 4.86. The van der Waals surface area contributed by atoms with Crippen molar-refractivity contribution in [1.29, 1.82) is 0 Å². The summed E-state index contributed by atoms with van der Waals surface area (Å²) in [6, 6.07) is 5.29. The van der Waals surface area contributed by atoms with Crippen LogP contribution in [0.3, 0.4) is 0 Å². The Labute approximate surface area is 119 Å². The number of hydrogen-bond acceptors (Lipinski definition) is 3. The van der Waals surface area contributed by atoms with Crippen LogP contribution in [0.5, 0.6) is 5.75 Å². The van der Waals surface area contributed by atoms with E-state index in [1.165, 1.54) is 0 Å². The Bertz CT molecular complexity index is 435. The van der Waals surface area contributed by atoms with Gasteiger partial charge < -0.3 is 14.4 Å². The monoisotopic (exact) mass is 333 g/mol. The lowest BCUT2D eigenvalue weighted by Gasteiger charge is -2.26. The molecule has 0 saturated carbocycles. The number of halogens is 2. The SMILES string of the molecule is O=C(COc1ccc(Br)cc1Cl)N1CCOCC1. The number of nitrogens with zero attached hydrogens (tertiary/aromatic N) is 1. The minimum Gasteiger partial charge on any atom is -0.482 e. The van der Waals surface area contributed by atoms with E-state index in [4.69, 9.17) is 21.1 Å². The van der Waals surface area contributed by atoms with Crippen LogP contribution in [0.4, 0.5) is 0 Å². The van der Waals surface area contributed by atoms with E-state index in [2.05, 4.69) is 15.9 Å². The van der Waals surface area contributed by atoms with Crippen LogP contribution in [-0.4, -0.2) is 43.7 Å². The second-order valence-corrected chi connectivity index (χ2v) is 5.18. The van der Waals surface area contributed by atoms with E-state index in [0.29, 0.717) is 37.1 Å². The van der Waals surface area contributed by atoms with Crippen molar-refractivity contribution < 1.29 is 14.3 Å². The summed E-state index contributed by atoms with van der Waals surface area (Å²) in [5.41, 5.74) is 0. The van der Waals surface area contributed by atoms with Crippen LogP contribution in [0.15, 0.2) is 22.7 Å². The van der Waals surface area contributed by atoms with Gasteiger partial charge in [-0.3, -0.25) is 4.79 Å². The quantitative estimate of drug-likeness (QED) is 0.852. The summed E-state index contributed by atoms with van der Waals surface area (Å²) in [5.74, 6) is 0.471. The van der Waals surface area contributed by atoms with Crippen molar-refractivity contribution >= 4 is 33.4 Å². The van der Waals surface area contributed by atoms with Crippen LogP contribution in [0.1, 0.15) is 0 Å². The van der Waals surface area contributed by atoms with Gasteiger partial charge in [0, 0.05) is 17.6 Å². The molecule has 1 saturated heterocycles. The molecular weight excluding hydrogens is 321 g/mol. The second kappa shape index (κ2) is 6.41. The minimum absolute atomic E-state index is 0.00134. The third-order valence-electron chi connectivity index (χ3n) is 2.61. The van der Waals surface area contributed by atoms with Gasteiger partial charge in [0.15, 0.2) is 6.61 Å². The molecule has 6 heteroatoms. The van der Waals surface area contributed by atoms with Gasteiger partial charge in [0.25, 0.3) is 5.91 Å². The van der Waals surface area contributed by atoms with E-state index in [9.17, 15) is 4.79 Å². The first-order valence-corrected chi connectivity index (χ1v) is 6.77. The van der Waals surface area contributed by atoms with E-state index < -0.39 is 0 Å². The number of amides is 1. The maximum Gasteiger partial charge on any atom is 0.260 e. The Balaban J connectivity index is 1.88. The molecule has 0 N–H and O–H groups in total. The Hall–Kier alpha value is -0.780. The molecule has 1 aliphatic rings. The van der Waals surface area contributed by atoms with Crippen molar-refractivity contribution in [3.05, 3.63) is 27.7 Å². The van der Waals surface area contributed by atoms with Crippen molar-refractivity contribution in [2.24, 2.45) is 0 Å². The van der Waals surface area contributed by atoms with Crippen LogP contribution in [0.25, 0.3) is 0 Å². The summed E-state index contributed by atoms with van der Waals surface area (Å²) >= 11 is 9.31. The molecule has 1 fully saturated rings. The maximum absolute atomic E-state index is 11.8. The fourth-order valence-corrected chi connectivity index (χ4v) is 2.36. The van der Waals surface area contributed by atoms with Gasteiger partial charge in [0.2, 0.25) is 0 Å². The van der Waals surface area contributed by atoms with E-state index in [-0.39, 0.29) is 12.5 Å². The number of carbonyl (C=O) groups excluding carboxylic acids is 1.